The van der Waals surface area contributed by atoms with E-state index < -0.39 is 17.9 Å². The highest BCUT2D eigenvalue weighted by Gasteiger charge is 2.32. The lowest BCUT2D eigenvalue weighted by atomic mass is 10.0. The number of anilines is 1. The number of benzene rings is 2. The normalized spacial score (nSPS) is 11.7. The number of halogens is 4. The van der Waals surface area contributed by atoms with Gasteiger partial charge in [-0.15, -0.1) is 12.4 Å². The lowest BCUT2D eigenvalue weighted by molar-refractivity contribution is -0.141. The third-order valence-electron chi connectivity index (χ3n) is 5.60. The fraction of sp³-hybridized carbons (Fsp3) is 0.308. The molecular weight excluding hydrogens is 495 g/mol. The van der Waals surface area contributed by atoms with Crippen LogP contribution in [0, 0.1) is 0 Å². The Morgan fingerprint density at radius 2 is 1.72 bits per heavy atom. The number of nitrogens with one attached hydrogen (secondary N) is 1. The van der Waals surface area contributed by atoms with Gasteiger partial charge in [-0.1, -0.05) is 36.4 Å². The van der Waals surface area contributed by atoms with Gasteiger partial charge in [-0.25, -0.2) is 0 Å². The number of alkyl halides is 3. The first-order chi connectivity index (χ1) is 16.8. The maximum Gasteiger partial charge on any atom is 0.433 e. The summed E-state index contributed by atoms with van der Waals surface area (Å²) in [6.45, 7) is 0.448. The summed E-state index contributed by atoms with van der Waals surface area (Å²) in [5.41, 5.74) is 1.31. The summed E-state index contributed by atoms with van der Waals surface area (Å²) in [5.74, 6) is 0.885. The molecule has 1 heterocycles. The highest BCUT2D eigenvalue weighted by atomic mass is 35.5. The second-order valence-electron chi connectivity index (χ2n) is 7.81. The molecule has 0 saturated heterocycles. The molecule has 0 radical (unpaired) electrons. The molecule has 0 aliphatic rings. The van der Waals surface area contributed by atoms with Crippen molar-refractivity contribution in [2.24, 2.45) is 0 Å². The monoisotopic (exact) mass is 523 g/mol. The number of carbonyl (C=O) groups is 1. The number of rotatable bonds is 10. The highest BCUT2D eigenvalue weighted by Crippen LogP contribution is 2.35. The Bertz CT molecular complexity index is 1110. The summed E-state index contributed by atoms with van der Waals surface area (Å²) >= 11 is 0. The molecular formula is C26H29ClF3N3O3. The van der Waals surface area contributed by atoms with Crippen molar-refractivity contribution in [3.05, 3.63) is 83.7 Å². The van der Waals surface area contributed by atoms with E-state index in [9.17, 15) is 18.0 Å². The first-order valence-corrected chi connectivity index (χ1v) is 11.1. The van der Waals surface area contributed by atoms with Gasteiger partial charge < -0.3 is 19.7 Å². The summed E-state index contributed by atoms with van der Waals surface area (Å²) in [6, 6.07) is 16.6. The molecule has 0 saturated carbocycles. The molecule has 194 valence electrons. The molecule has 2 aromatic carbocycles. The summed E-state index contributed by atoms with van der Waals surface area (Å²) < 4.78 is 49.2. The zero-order valence-corrected chi connectivity index (χ0v) is 21.0. The molecule has 3 rings (SSSR count). The number of carbonyl (C=O) groups excluding carboxylic acids is 1. The Kier molecular flexibility index (Phi) is 10.4. The Morgan fingerprint density at radius 3 is 2.28 bits per heavy atom. The molecule has 3 aromatic rings. The molecule has 6 nitrogen and oxygen atoms in total. The van der Waals surface area contributed by atoms with Crippen LogP contribution in [0.1, 0.15) is 29.3 Å². The van der Waals surface area contributed by atoms with Crippen LogP contribution in [0.3, 0.4) is 0 Å². The Hall–Kier alpha value is -3.46. The predicted molar refractivity (Wildman–Crippen MR) is 135 cm³/mol. The number of amides is 1. The van der Waals surface area contributed by atoms with Crippen LogP contribution in [0.2, 0.25) is 0 Å². The van der Waals surface area contributed by atoms with Gasteiger partial charge in [0.15, 0.2) is 11.5 Å². The lowest BCUT2D eigenvalue weighted by Gasteiger charge is -2.33. The van der Waals surface area contributed by atoms with Gasteiger partial charge in [-0.3, -0.25) is 9.78 Å². The predicted octanol–water partition coefficient (Wildman–Crippen LogP) is 5.47. The summed E-state index contributed by atoms with van der Waals surface area (Å²) in [7, 11) is 4.67. The van der Waals surface area contributed by atoms with Crippen molar-refractivity contribution in [2.75, 3.05) is 32.7 Å². The van der Waals surface area contributed by atoms with Crippen LogP contribution in [-0.4, -0.2) is 38.7 Å². The Labute approximate surface area is 214 Å². The molecule has 1 atom stereocenters. The van der Waals surface area contributed by atoms with Crippen LogP contribution in [-0.2, 0) is 17.4 Å². The topological polar surface area (TPSA) is 63.7 Å². The number of aromatic nitrogens is 1. The molecule has 0 spiro atoms. The van der Waals surface area contributed by atoms with Crippen molar-refractivity contribution in [1.82, 2.24) is 10.3 Å². The van der Waals surface area contributed by atoms with E-state index in [2.05, 4.69) is 10.3 Å². The largest absolute Gasteiger partial charge is 0.493 e. The molecule has 0 bridgehead atoms. The first-order valence-electron chi connectivity index (χ1n) is 11.1. The average Bonchev–Trinajstić information content (AvgIpc) is 2.87. The van der Waals surface area contributed by atoms with E-state index in [4.69, 9.17) is 9.47 Å². The quantitative estimate of drug-likeness (QED) is 0.382. The van der Waals surface area contributed by atoms with Crippen molar-refractivity contribution >= 4 is 24.0 Å². The number of nitrogens with zero attached hydrogens (tertiary/aromatic N) is 2. The van der Waals surface area contributed by atoms with E-state index in [0.717, 1.165) is 17.3 Å². The summed E-state index contributed by atoms with van der Waals surface area (Å²) in [4.78, 5) is 18.5. The molecule has 0 aliphatic carbocycles. The van der Waals surface area contributed by atoms with E-state index in [1.807, 2.05) is 41.3 Å². The van der Waals surface area contributed by atoms with Crippen molar-refractivity contribution in [3.8, 4) is 11.5 Å². The summed E-state index contributed by atoms with van der Waals surface area (Å²) in [6.07, 6.45) is -2.16. The number of aryl methyl sites for hydroxylation is 1. The Morgan fingerprint density at radius 1 is 1.03 bits per heavy atom. The van der Waals surface area contributed by atoms with Crippen LogP contribution in [0.4, 0.5) is 18.9 Å². The van der Waals surface area contributed by atoms with Crippen molar-refractivity contribution in [3.63, 3.8) is 0 Å². The number of ether oxygens (including phenoxy) is 2. The van der Waals surface area contributed by atoms with E-state index in [-0.39, 0.29) is 18.3 Å². The van der Waals surface area contributed by atoms with Crippen molar-refractivity contribution in [1.29, 1.82) is 0 Å². The molecule has 1 N–H and O–H groups in total. The lowest BCUT2D eigenvalue weighted by Crippen LogP contribution is -2.40. The third-order valence-corrected chi connectivity index (χ3v) is 5.60. The molecule has 0 unspecified atom stereocenters. The molecule has 0 aliphatic heterocycles. The van der Waals surface area contributed by atoms with E-state index in [1.54, 1.807) is 26.3 Å². The minimum absolute atomic E-state index is 0. The maximum atomic E-state index is 13.0. The van der Waals surface area contributed by atoms with Gasteiger partial charge in [0.05, 0.1) is 14.2 Å². The van der Waals surface area contributed by atoms with Crippen LogP contribution in [0.5, 0.6) is 11.5 Å². The number of hydrogen-bond donors (Lipinski definition) is 1. The molecule has 36 heavy (non-hydrogen) atoms. The third kappa shape index (κ3) is 7.04. The van der Waals surface area contributed by atoms with Crippen molar-refractivity contribution in [2.45, 2.75) is 25.1 Å². The maximum absolute atomic E-state index is 13.0. The average molecular weight is 524 g/mol. The number of methoxy groups -OCH3 is 2. The standard InChI is InChI=1S/C26H28F3N3O3.ClH/c1-30-25(33)24(19-9-5-4-6-10-19)32(20-12-13-21(34-2)22(16-20)35-3)15-7-8-18-11-14-23(31-17-18)26(27,28)29;/h4-6,9-14,16-17,24H,7-8,15H2,1-3H3,(H,30,33);1H/t24-;/m1./s1. The summed E-state index contributed by atoms with van der Waals surface area (Å²) in [5, 5.41) is 2.74. The second-order valence-corrected chi connectivity index (χ2v) is 7.81. The van der Waals surface area contributed by atoms with Gasteiger partial charge in [-0.05, 0) is 42.2 Å². The fourth-order valence-electron chi connectivity index (χ4n) is 3.85. The van der Waals surface area contributed by atoms with Gasteiger partial charge in [0.1, 0.15) is 11.7 Å². The number of likely N-dealkylation sites (N-methyl/N-ethyl adjacent to an activating group) is 1. The second kappa shape index (κ2) is 13.0. The van der Waals surface area contributed by atoms with Gasteiger partial charge in [0, 0.05) is 31.5 Å². The zero-order chi connectivity index (χ0) is 25.4. The van der Waals surface area contributed by atoms with Gasteiger partial charge in [0.2, 0.25) is 5.91 Å². The molecule has 0 fully saturated rings. The minimum Gasteiger partial charge on any atom is -0.493 e. The number of hydrogen-bond acceptors (Lipinski definition) is 5. The molecule has 1 aromatic heterocycles. The fourth-order valence-corrected chi connectivity index (χ4v) is 3.85. The van der Waals surface area contributed by atoms with Crippen molar-refractivity contribution < 1.29 is 27.4 Å². The first kappa shape index (κ1) is 28.8. The van der Waals surface area contributed by atoms with Gasteiger partial charge in [-0.2, -0.15) is 13.2 Å². The van der Waals surface area contributed by atoms with Gasteiger partial charge in [0.25, 0.3) is 0 Å². The highest BCUT2D eigenvalue weighted by molar-refractivity contribution is 5.86. The van der Waals surface area contributed by atoms with Crippen LogP contribution < -0.4 is 19.7 Å². The smallest absolute Gasteiger partial charge is 0.433 e. The van der Waals surface area contributed by atoms with Crippen LogP contribution in [0.15, 0.2) is 66.9 Å². The zero-order valence-electron chi connectivity index (χ0n) is 20.2. The van der Waals surface area contributed by atoms with Gasteiger partial charge >= 0.3 is 6.18 Å². The number of pyridine rings is 1. The van der Waals surface area contributed by atoms with Crippen LogP contribution in [0.25, 0.3) is 0 Å². The molecule has 10 heteroatoms. The van der Waals surface area contributed by atoms with E-state index in [1.165, 1.54) is 19.4 Å². The Balaban J connectivity index is 0.00000456. The minimum atomic E-state index is -4.47. The van der Waals surface area contributed by atoms with E-state index in [0.29, 0.717) is 36.4 Å². The molecule has 1 amide bonds. The van der Waals surface area contributed by atoms with E-state index >= 15 is 0 Å². The van der Waals surface area contributed by atoms with Crippen LogP contribution >= 0.6 is 12.4 Å². The SMILES string of the molecule is CNC(=O)[C@@H](c1ccccc1)N(CCCc1ccc(C(F)(F)F)nc1)c1ccc(OC)c(OC)c1.Cl.